The average Bonchev–Trinajstić information content (AvgIpc) is 2.95. The van der Waals surface area contributed by atoms with E-state index in [4.69, 9.17) is 4.74 Å². The van der Waals surface area contributed by atoms with Crippen molar-refractivity contribution in [3.63, 3.8) is 0 Å². The van der Waals surface area contributed by atoms with Gasteiger partial charge in [-0.15, -0.1) is 0 Å². The van der Waals surface area contributed by atoms with Crippen molar-refractivity contribution in [1.82, 2.24) is 4.90 Å². The van der Waals surface area contributed by atoms with Crippen molar-refractivity contribution in [3.8, 4) is 0 Å². The number of carbonyl (C=O) groups excluding carboxylic acids is 2. The van der Waals surface area contributed by atoms with Crippen LogP contribution in [0.5, 0.6) is 0 Å². The maximum Gasteiger partial charge on any atom is 0.410 e. The molecule has 1 saturated heterocycles. The fourth-order valence-corrected chi connectivity index (χ4v) is 2.76. The number of benzene rings is 1. The molecule has 0 spiro atoms. The summed E-state index contributed by atoms with van der Waals surface area (Å²) in [6.07, 6.45) is 1.05. The Labute approximate surface area is 144 Å². The van der Waals surface area contributed by atoms with Gasteiger partial charge in [0.05, 0.1) is 0 Å². The van der Waals surface area contributed by atoms with Gasteiger partial charge in [0.1, 0.15) is 11.6 Å². The van der Waals surface area contributed by atoms with Crippen LogP contribution in [0.1, 0.15) is 58.9 Å². The van der Waals surface area contributed by atoms with E-state index in [0.29, 0.717) is 18.9 Å². The number of carbonyl (C=O) groups is 2. The molecule has 1 fully saturated rings. The van der Waals surface area contributed by atoms with E-state index in [1.807, 2.05) is 45.0 Å². The van der Waals surface area contributed by atoms with E-state index in [9.17, 15) is 9.59 Å². The van der Waals surface area contributed by atoms with E-state index in [1.165, 1.54) is 10.5 Å². The molecular weight excluding hydrogens is 304 g/mol. The predicted octanol–water partition coefficient (Wildman–Crippen LogP) is 4.15. The first-order chi connectivity index (χ1) is 11.2. The Balaban J connectivity index is 2.01. The third kappa shape index (κ3) is 4.73. The molecular formula is C19H28N2O3. The number of likely N-dealkylation sites (tertiary alicyclic amines) is 1. The van der Waals surface area contributed by atoms with Crippen LogP contribution in [0.25, 0.3) is 0 Å². The molecule has 1 N–H and O–H groups in total. The first-order valence-electron chi connectivity index (χ1n) is 8.58. The van der Waals surface area contributed by atoms with Crippen LogP contribution in [-0.2, 0) is 9.53 Å². The van der Waals surface area contributed by atoms with Gasteiger partial charge in [-0.05, 0) is 57.2 Å². The van der Waals surface area contributed by atoms with Crippen molar-refractivity contribution in [3.05, 3.63) is 29.8 Å². The maximum atomic E-state index is 12.6. The van der Waals surface area contributed by atoms with Crippen LogP contribution in [0, 0.1) is 0 Å². The average molecular weight is 332 g/mol. The number of rotatable bonds is 3. The third-order valence-electron chi connectivity index (χ3n) is 4.03. The van der Waals surface area contributed by atoms with Crippen LogP contribution < -0.4 is 5.32 Å². The number of anilines is 1. The summed E-state index contributed by atoms with van der Waals surface area (Å²) in [4.78, 5) is 26.4. The minimum absolute atomic E-state index is 0.157. The molecule has 1 atom stereocenters. The molecule has 1 aromatic rings. The van der Waals surface area contributed by atoms with Gasteiger partial charge in [0.15, 0.2) is 0 Å². The number of amides is 2. The minimum atomic E-state index is -0.562. The summed E-state index contributed by atoms with van der Waals surface area (Å²) in [6.45, 7) is 10.3. The summed E-state index contributed by atoms with van der Waals surface area (Å²) in [5, 5.41) is 2.91. The summed E-state index contributed by atoms with van der Waals surface area (Å²) in [5.74, 6) is 0.294. The molecule has 5 nitrogen and oxygen atoms in total. The van der Waals surface area contributed by atoms with Gasteiger partial charge in [0.25, 0.3) is 0 Å². The molecule has 1 aromatic carbocycles. The molecule has 0 bridgehead atoms. The zero-order valence-electron chi connectivity index (χ0n) is 15.3. The topological polar surface area (TPSA) is 58.6 Å². The fraction of sp³-hybridized carbons (Fsp3) is 0.579. The second-order valence-electron chi connectivity index (χ2n) is 7.60. The highest BCUT2D eigenvalue weighted by molar-refractivity contribution is 5.96. The van der Waals surface area contributed by atoms with Gasteiger partial charge in [-0.3, -0.25) is 9.69 Å². The lowest BCUT2D eigenvalue weighted by Gasteiger charge is -2.28. The molecule has 132 valence electrons. The molecule has 0 unspecified atom stereocenters. The molecule has 24 heavy (non-hydrogen) atoms. The predicted molar refractivity (Wildman–Crippen MR) is 95.1 cm³/mol. The summed E-state index contributed by atoms with van der Waals surface area (Å²) >= 11 is 0. The number of nitrogens with one attached hydrogen (secondary N) is 1. The molecule has 0 aromatic heterocycles. The van der Waals surface area contributed by atoms with E-state index in [2.05, 4.69) is 19.2 Å². The van der Waals surface area contributed by atoms with Gasteiger partial charge in [-0.2, -0.15) is 0 Å². The largest absolute Gasteiger partial charge is 0.444 e. The van der Waals surface area contributed by atoms with Gasteiger partial charge in [-0.1, -0.05) is 26.0 Å². The van der Waals surface area contributed by atoms with Crippen LogP contribution in [-0.4, -0.2) is 35.1 Å². The molecule has 5 heteroatoms. The van der Waals surface area contributed by atoms with Crippen molar-refractivity contribution in [2.75, 3.05) is 11.9 Å². The highest BCUT2D eigenvalue weighted by Gasteiger charge is 2.36. The van der Waals surface area contributed by atoms with E-state index in [1.54, 1.807) is 0 Å². The SMILES string of the molecule is CC(C)c1ccc(NC(=O)[C@H]2CCCN2C(=O)OC(C)(C)C)cc1. The Hall–Kier alpha value is -2.04. The Kier molecular flexibility index (Phi) is 5.52. The quantitative estimate of drug-likeness (QED) is 0.904. The minimum Gasteiger partial charge on any atom is -0.444 e. The number of ether oxygens (including phenoxy) is 1. The summed E-state index contributed by atoms with van der Waals surface area (Å²) < 4.78 is 5.40. The van der Waals surface area contributed by atoms with Crippen molar-refractivity contribution >= 4 is 17.7 Å². The second-order valence-corrected chi connectivity index (χ2v) is 7.60. The highest BCUT2D eigenvalue weighted by Crippen LogP contribution is 2.23. The van der Waals surface area contributed by atoms with Crippen LogP contribution in [0.3, 0.4) is 0 Å². The Morgan fingerprint density at radius 3 is 2.38 bits per heavy atom. The third-order valence-corrected chi connectivity index (χ3v) is 4.03. The molecule has 2 amide bonds. The molecule has 0 saturated carbocycles. The van der Waals surface area contributed by atoms with Crippen LogP contribution in [0.15, 0.2) is 24.3 Å². The maximum absolute atomic E-state index is 12.6. The number of hydrogen-bond acceptors (Lipinski definition) is 3. The van der Waals surface area contributed by atoms with Crippen LogP contribution in [0.2, 0.25) is 0 Å². The van der Waals surface area contributed by atoms with Crippen molar-refractivity contribution in [2.24, 2.45) is 0 Å². The van der Waals surface area contributed by atoms with Crippen molar-refractivity contribution < 1.29 is 14.3 Å². The van der Waals surface area contributed by atoms with E-state index < -0.39 is 17.7 Å². The second kappa shape index (κ2) is 7.24. The Morgan fingerprint density at radius 2 is 1.83 bits per heavy atom. The number of hydrogen-bond donors (Lipinski definition) is 1. The lowest BCUT2D eigenvalue weighted by molar-refractivity contribution is -0.120. The van der Waals surface area contributed by atoms with E-state index >= 15 is 0 Å². The lowest BCUT2D eigenvalue weighted by Crippen LogP contribution is -2.45. The van der Waals surface area contributed by atoms with Gasteiger partial charge in [0, 0.05) is 12.2 Å². The number of nitrogens with zero attached hydrogens (tertiary/aromatic N) is 1. The zero-order valence-corrected chi connectivity index (χ0v) is 15.3. The van der Waals surface area contributed by atoms with Crippen LogP contribution in [0.4, 0.5) is 10.5 Å². The smallest absolute Gasteiger partial charge is 0.410 e. The molecule has 2 rings (SSSR count). The molecule has 1 aliphatic heterocycles. The van der Waals surface area contributed by atoms with Gasteiger partial charge < -0.3 is 10.1 Å². The summed E-state index contributed by atoms with van der Waals surface area (Å²) in [5.41, 5.74) is 1.41. The summed E-state index contributed by atoms with van der Waals surface area (Å²) in [6, 6.07) is 7.37. The summed E-state index contributed by atoms with van der Waals surface area (Å²) in [7, 11) is 0. The fourth-order valence-electron chi connectivity index (χ4n) is 2.76. The molecule has 0 radical (unpaired) electrons. The molecule has 0 aliphatic carbocycles. The highest BCUT2D eigenvalue weighted by atomic mass is 16.6. The van der Waals surface area contributed by atoms with Crippen molar-refractivity contribution in [2.45, 2.75) is 65.0 Å². The van der Waals surface area contributed by atoms with Gasteiger partial charge in [-0.25, -0.2) is 4.79 Å². The Morgan fingerprint density at radius 1 is 1.21 bits per heavy atom. The Bertz CT molecular complexity index is 588. The first-order valence-corrected chi connectivity index (χ1v) is 8.58. The first kappa shape index (κ1) is 18.3. The molecule has 1 aliphatic rings. The normalized spacial score (nSPS) is 17.9. The van der Waals surface area contributed by atoms with Crippen LogP contribution >= 0.6 is 0 Å². The lowest BCUT2D eigenvalue weighted by atomic mass is 10.0. The van der Waals surface area contributed by atoms with E-state index in [-0.39, 0.29) is 5.91 Å². The van der Waals surface area contributed by atoms with Crippen molar-refractivity contribution in [1.29, 1.82) is 0 Å². The standard InChI is InChI=1S/C19H28N2O3/c1-13(2)14-8-10-15(11-9-14)20-17(22)16-7-6-12-21(16)18(23)24-19(3,4)5/h8-11,13,16H,6-7,12H2,1-5H3,(H,20,22)/t16-/m1/s1. The molecule has 1 heterocycles. The van der Waals surface area contributed by atoms with Gasteiger partial charge >= 0.3 is 6.09 Å². The zero-order chi connectivity index (χ0) is 17.9. The van der Waals surface area contributed by atoms with E-state index in [0.717, 1.165) is 12.1 Å². The monoisotopic (exact) mass is 332 g/mol. The van der Waals surface area contributed by atoms with Gasteiger partial charge in [0.2, 0.25) is 5.91 Å².